The van der Waals surface area contributed by atoms with Crippen LogP contribution in [0.1, 0.15) is 37.7 Å². The molecule has 2 aromatic rings. The third-order valence-corrected chi connectivity index (χ3v) is 6.51. The summed E-state index contributed by atoms with van der Waals surface area (Å²) < 4.78 is 14.0. The summed E-state index contributed by atoms with van der Waals surface area (Å²) >= 11 is 2.04. The normalized spacial score (nSPS) is 32.3. The first kappa shape index (κ1) is 13.6. The van der Waals surface area contributed by atoms with E-state index in [1.807, 2.05) is 30.0 Å². The van der Waals surface area contributed by atoms with Gasteiger partial charge in [0.1, 0.15) is 5.82 Å². The third-order valence-electron chi connectivity index (χ3n) is 4.94. The third kappa shape index (κ3) is 2.27. The molecule has 110 valence electrons. The number of aliphatic hydroxyl groups is 1. The maximum Gasteiger partial charge on any atom is 0.131 e. The van der Waals surface area contributed by atoms with Crippen molar-refractivity contribution in [3.8, 4) is 0 Å². The number of hydrogen-bond acceptors (Lipinski definition) is 2. The number of benzene rings is 2. The molecule has 2 atom stereocenters. The van der Waals surface area contributed by atoms with Gasteiger partial charge < -0.3 is 5.11 Å². The molecule has 2 aliphatic heterocycles. The molecule has 2 bridgehead atoms. The first-order chi connectivity index (χ1) is 10.2. The topological polar surface area (TPSA) is 20.2 Å². The molecule has 0 aliphatic carbocycles. The average Bonchev–Trinajstić information content (AvgIpc) is 2.47. The Morgan fingerprint density at radius 3 is 2.38 bits per heavy atom. The summed E-state index contributed by atoms with van der Waals surface area (Å²) in [6.45, 7) is 0. The van der Waals surface area contributed by atoms with Gasteiger partial charge in [-0.3, -0.25) is 0 Å². The maximum absolute atomic E-state index is 14.0. The van der Waals surface area contributed by atoms with E-state index in [9.17, 15) is 9.50 Å². The smallest absolute Gasteiger partial charge is 0.131 e. The van der Waals surface area contributed by atoms with Gasteiger partial charge in [0.2, 0.25) is 0 Å². The lowest BCUT2D eigenvalue weighted by Gasteiger charge is -2.44. The summed E-state index contributed by atoms with van der Waals surface area (Å²) in [6, 6.07) is 10.8. The number of hydrogen-bond donors (Lipinski definition) is 1. The van der Waals surface area contributed by atoms with E-state index in [4.69, 9.17) is 0 Å². The van der Waals surface area contributed by atoms with Crippen LogP contribution in [0, 0.1) is 5.82 Å². The summed E-state index contributed by atoms with van der Waals surface area (Å²) in [5, 5.41) is 13.9. The molecule has 3 heteroatoms. The second-order valence-corrected chi connectivity index (χ2v) is 8.00. The highest BCUT2D eigenvalue weighted by molar-refractivity contribution is 8.00. The van der Waals surface area contributed by atoms with Crippen LogP contribution in [-0.4, -0.2) is 15.6 Å². The Labute approximate surface area is 128 Å². The molecule has 4 rings (SSSR count). The Hall–Kier alpha value is -1.06. The van der Waals surface area contributed by atoms with E-state index in [1.165, 1.54) is 25.3 Å². The summed E-state index contributed by atoms with van der Waals surface area (Å²) in [7, 11) is 0. The maximum atomic E-state index is 14.0. The minimum Gasteiger partial charge on any atom is -0.385 e. The van der Waals surface area contributed by atoms with Crippen LogP contribution < -0.4 is 0 Å². The van der Waals surface area contributed by atoms with Crippen LogP contribution in [0.15, 0.2) is 36.4 Å². The number of rotatable bonds is 1. The minimum absolute atomic E-state index is 0.205. The predicted molar refractivity (Wildman–Crippen MR) is 86.1 cm³/mol. The van der Waals surface area contributed by atoms with Crippen molar-refractivity contribution >= 4 is 22.5 Å². The van der Waals surface area contributed by atoms with Crippen molar-refractivity contribution in [2.45, 2.75) is 48.2 Å². The fourth-order valence-corrected chi connectivity index (χ4v) is 5.90. The Bertz CT molecular complexity index is 672. The highest BCUT2D eigenvalue weighted by Crippen LogP contribution is 2.50. The first-order valence-electron chi connectivity index (χ1n) is 7.71. The van der Waals surface area contributed by atoms with Crippen LogP contribution in [0.3, 0.4) is 0 Å². The zero-order valence-corrected chi connectivity index (χ0v) is 12.7. The number of fused-ring (bicyclic) bond motifs is 3. The van der Waals surface area contributed by atoms with Crippen LogP contribution >= 0.6 is 11.8 Å². The zero-order chi connectivity index (χ0) is 14.4. The van der Waals surface area contributed by atoms with Crippen LogP contribution in [0.5, 0.6) is 0 Å². The molecule has 2 saturated heterocycles. The lowest BCUT2D eigenvalue weighted by Crippen LogP contribution is -2.40. The quantitative estimate of drug-likeness (QED) is 0.830. The second kappa shape index (κ2) is 4.99. The second-order valence-electron chi connectivity index (χ2n) is 6.39. The van der Waals surface area contributed by atoms with Gasteiger partial charge in [0.15, 0.2) is 0 Å². The Morgan fingerprint density at radius 2 is 1.67 bits per heavy atom. The molecule has 2 aliphatic rings. The molecule has 1 nitrogen and oxygen atoms in total. The molecular formula is C18H19FOS. The van der Waals surface area contributed by atoms with Gasteiger partial charge in [0, 0.05) is 15.9 Å². The fourth-order valence-electron chi connectivity index (χ4n) is 4.01. The summed E-state index contributed by atoms with van der Waals surface area (Å²) in [6.07, 6.45) is 5.27. The van der Waals surface area contributed by atoms with Gasteiger partial charge in [-0.15, -0.1) is 0 Å². The van der Waals surface area contributed by atoms with E-state index in [1.54, 1.807) is 12.1 Å². The molecule has 1 N–H and O–H groups in total. The molecule has 2 aromatic carbocycles. The molecule has 0 spiro atoms. The molecule has 0 amide bonds. The van der Waals surface area contributed by atoms with Crippen molar-refractivity contribution in [1.29, 1.82) is 0 Å². The van der Waals surface area contributed by atoms with Crippen molar-refractivity contribution in [2.24, 2.45) is 0 Å². The molecule has 2 fully saturated rings. The standard InChI is InChI=1S/C18H19FOS/c19-17-9-8-16(14-6-1-2-7-15(14)17)18(20)10-12-4-3-5-13(11-18)21-12/h1-2,6-9,12-13,20H,3-5,10-11H2. The number of halogens is 1. The van der Waals surface area contributed by atoms with Crippen LogP contribution in [-0.2, 0) is 5.60 Å². The molecule has 0 radical (unpaired) electrons. The Kier molecular flexibility index (Phi) is 3.23. The van der Waals surface area contributed by atoms with Crippen molar-refractivity contribution in [1.82, 2.24) is 0 Å². The zero-order valence-electron chi connectivity index (χ0n) is 11.9. The minimum atomic E-state index is -0.797. The van der Waals surface area contributed by atoms with Crippen LogP contribution in [0.4, 0.5) is 4.39 Å². The van der Waals surface area contributed by atoms with Gasteiger partial charge in [-0.05, 0) is 42.7 Å². The molecule has 2 unspecified atom stereocenters. The molecule has 0 saturated carbocycles. The van der Waals surface area contributed by atoms with E-state index in [-0.39, 0.29) is 5.82 Å². The van der Waals surface area contributed by atoms with Crippen molar-refractivity contribution < 1.29 is 9.50 Å². The summed E-state index contributed by atoms with van der Waals surface area (Å²) in [5.74, 6) is -0.205. The van der Waals surface area contributed by atoms with Gasteiger partial charge in [-0.2, -0.15) is 11.8 Å². The number of thioether (sulfide) groups is 1. The van der Waals surface area contributed by atoms with E-state index in [0.717, 1.165) is 23.8 Å². The SMILES string of the molecule is OC1(c2ccc(F)c3ccccc23)CC2CCCC(C1)S2. The average molecular weight is 302 g/mol. The summed E-state index contributed by atoms with van der Waals surface area (Å²) in [5.41, 5.74) is 0.116. The van der Waals surface area contributed by atoms with Gasteiger partial charge in [-0.25, -0.2) is 4.39 Å². The lowest BCUT2D eigenvalue weighted by molar-refractivity contribution is 0.00951. The molecular weight excluding hydrogens is 283 g/mol. The molecule has 21 heavy (non-hydrogen) atoms. The Morgan fingerprint density at radius 1 is 1.00 bits per heavy atom. The summed E-state index contributed by atoms with van der Waals surface area (Å²) in [4.78, 5) is 0. The van der Waals surface area contributed by atoms with E-state index < -0.39 is 5.60 Å². The van der Waals surface area contributed by atoms with E-state index in [0.29, 0.717) is 15.9 Å². The fraction of sp³-hybridized carbons (Fsp3) is 0.444. The highest BCUT2D eigenvalue weighted by atomic mass is 32.2. The van der Waals surface area contributed by atoms with Crippen molar-refractivity contribution in [3.63, 3.8) is 0 Å². The van der Waals surface area contributed by atoms with Crippen LogP contribution in [0.2, 0.25) is 0 Å². The highest BCUT2D eigenvalue weighted by Gasteiger charge is 2.43. The van der Waals surface area contributed by atoms with E-state index in [2.05, 4.69) is 0 Å². The van der Waals surface area contributed by atoms with Gasteiger partial charge >= 0.3 is 0 Å². The van der Waals surface area contributed by atoms with Gasteiger partial charge in [-0.1, -0.05) is 36.8 Å². The van der Waals surface area contributed by atoms with Gasteiger partial charge in [0.05, 0.1) is 5.60 Å². The monoisotopic (exact) mass is 302 g/mol. The predicted octanol–water partition coefficient (Wildman–Crippen LogP) is 4.61. The lowest BCUT2D eigenvalue weighted by atomic mass is 9.78. The van der Waals surface area contributed by atoms with Crippen molar-refractivity contribution in [2.75, 3.05) is 0 Å². The van der Waals surface area contributed by atoms with Gasteiger partial charge in [0.25, 0.3) is 0 Å². The van der Waals surface area contributed by atoms with E-state index >= 15 is 0 Å². The largest absolute Gasteiger partial charge is 0.385 e. The van der Waals surface area contributed by atoms with Crippen molar-refractivity contribution in [3.05, 3.63) is 47.8 Å². The molecule has 0 aromatic heterocycles. The van der Waals surface area contributed by atoms with Crippen LogP contribution in [0.25, 0.3) is 10.8 Å². The molecule has 2 heterocycles. The first-order valence-corrected chi connectivity index (χ1v) is 8.65. The Balaban J connectivity index is 1.84.